The fraction of sp³-hybridized carbons (Fsp3) is 0.286. The largest absolute Gasteiger partial charge is 0.366 e. The zero-order valence-electron chi connectivity index (χ0n) is 16.2. The average Bonchev–Trinajstić information content (AvgIpc) is 3.17. The van der Waals surface area contributed by atoms with Gasteiger partial charge in [0, 0.05) is 37.3 Å². The average molecular weight is 416 g/mol. The zero-order valence-corrected chi connectivity index (χ0v) is 16.2. The molecule has 1 aliphatic heterocycles. The minimum atomic E-state index is -2.71. The Morgan fingerprint density at radius 3 is 2.37 bits per heavy atom. The summed E-state index contributed by atoms with van der Waals surface area (Å²) in [5, 5.41) is 0. The highest BCUT2D eigenvalue weighted by Crippen LogP contribution is 2.24. The first-order valence-electron chi connectivity index (χ1n) is 9.46. The van der Waals surface area contributed by atoms with Gasteiger partial charge in [-0.05, 0) is 43.3 Å². The number of aromatic amines is 1. The van der Waals surface area contributed by atoms with E-state index in [1.54, 1.807) is 23.1 Å². The Bertz CT molecular complexity index is 1120. The van der Waals surface area contributed by atoms with Crippen LogP contribution in [0.4, 0.5) is 18.9 Å². The first-order chi connectivity index (χ1) is 14.3. The topological polar surface area (TPSA) is 69.3 Å². The molecule has 9 heteroatoms. The van der Waals surface area contributed by atoms with Gasteiger partial charge in [0.2, 0.25) is 0 Å². The predicted molar refractivity (Wildman–Crippen MR) is 106 cm³/mol. The molecule has 0 radical (unpaired) electrons. The predicted octanol–water partition coefficient (Wildman–Crippen LogP) is 3.80. The summed E-state index contributed by atoms with van der Waals surface area (Å²) in [5.74, 6) is -1.33. The normalized spacial score (nSPS) is 14.6. The van der Waals surface area contributed by atoms with Crippen molar-refractivity contribution >= 4 is 28.4 Å². The number of nitrogens with one attached hydrogen (secondary N) is 1. The van der Waals surface area contributed by atoms with Crippen LogP contribution in [-0.4, -0.2) is 52.7 Å². The number of fused-ring (bicyclic) bond motifs is 1. The number of nitrogens with zero attached hydrogens (tertiary/aromatic N) is 3. The summed E-state index contributed by atoms with van der Waals surface area (Å²) < 4.78 is 40.0. The van der Waals surface area contributed by atoms with Crippen molar-refractivity contribution in [1.82, 2.24) is 14.9 Å². The third kappa shape index (κ3) is 3.74. The van der Waals surface area contributed by atoms with Crippen LogP contribution >= 0.6 is 0 Å². The highest BCUT2D eigenvalue weighted by Gasteiger charge is 2.24. The van der Waals surface area contributed by atoms with Crippen LogP contribution in [0.1, 0.15) is 39.9 Å². The van der Waals surface area contributed by atoms with Gasteiger partial charge in [0.1, 0.15) is 5.82 Å². The number of amides is 1. The van der Waals surface area contributed by atoms with Gasteiger partial charge in [0.05, 0.1) is 16.7 Å². The van der Waals surface area contributed by atoms with Gasteiger partial charge in [-0.25, -0.2) is 18.2 Å². The van der Waals surface area contributed by atoms with Gasteiger partial charge in [-0.15, -0.1) is 0 Å². The Labute approximate surface area is 170 Å². The van der Waals surface area contributed by atoms with Gasteiger partial charge in [-0.2, -0.15) is 0 Å². The molecule has 0 saturated carbocycles. The van der Waals surface area contributed by atoms with E-state index < -0.39 is 18.1 Å². The van der Waals surface area contributed by atoms with Gasteiger partial charge >= 0.3 is 0 Å². The number of piperazine rings is 1. The number of rotatable bonds is 4. The minimum Gasteiger partial charge on any atom is -0.366 e. The number of hydrogen-bond donors (Lipinski definition) is 1. The number of aromatic nitrogens is 2. The Morgan fingerprint density at radius 1 is 1.03 bits per heavy atom. The molecule has 156 valence electrons. The van der Waals surface area contributed by atoms with E-state index >= 15 is 0 Å². The molecule has 0 unspecified atom stereocenters. The van der Waals surface area contributed by atoms with Crippen LogP contribution < -0.4 is 4.90 Å². The van der Waals surface area contributed by atoms with E-state index in [1.165, 1.54) is 25.1 Å². The van der Waals surface area contributed by atoms with Crippen molar-refractivity contribution in [2.45, 2.75) is 13.3 Å². The molecule has 1 fully saturated rings. The Balaban J connectivity index is 1.45. The molecule has 1 amide bonds. The van der Waals surface area contributed by atoms with Crippen LogP contribution in [0.5, 0.6) is 0 Å². The molecular weight excluding hydrogens is 397 g/mol. The molecule has 0 aliphatic carbocycles. The SMILES string of the molecule is CC(=O)c1ccc(N2CCN(C(=O)c3ccc4nc(C(F)F)[nH]c4c3)CC2)c(F)c1. The van der Waals surface area contributed by atoms with Crippen molar-refractivity contribution in [3.63, 3.8) is 0 Å². The van der Waals surface area contributed by atoms with E-state index in [0.29, 0.717) is 54.0 Å². The number of alkyl halides is 2. The maximum Gasteiger partial charge on any atom is 0.295 e. The maximum atomic E-state index is 14.4. The molecule has 4 rings (SSSR count). The van der Waals surface area contributed by atoms with Gasteiger partial charge in [-0.3, -0.25) is 9.59 Å². The summed E-state index contributed by atoms with van der Waals surface area (Å²) in [6, 6.07) is 9.01. The quantitative estimate of drug-likeness (QED) is 0.657. The lowest BCUT2D eigenvalue weighted by molar-refractivity contribution is 0.0746. The lowest BCUT2D eigenvalue weighted by Gasteiger charge is -2.36. The number of hydrogen-bond acceptors (Lipinski definition) is 4. The van der Waals surface area contributed by atoms with Crippen LogP contribution in [0.2, 0.25) is 0 Å². The van der Waals surface area contributed by atoms with Crippen LogP contribution in [0.25, 0.3) is 11.0 Å². The molecule has 1 N–H and O–H groups in total. The van der Waals surface area contributed by atoms with Crippen molar-refractivity contribution in [2.75, 3.05) is 31.1 Å². The molecule has 0 bridgehead atoms. The molecule has 1 aliphatic rings. The molecule has 30 heavy (non-hydrogen) atoms. The number of benzene rings is 2. The molecular formula is C21H19F3N4O2. The smallest absolute Gasteiger partial charge is 0.295 e. The van der Waals surface area contributed by atoms with Crippen molar-refractivity contribution in [3.8, 4) is 0 Å². The second-order valence-electron chi connectivity index (χ2n) is 7.16. The molecule has 2 aromatic carbocycles. The first kappa shape index (κ1) is 19.9. The van der Waals surface area contributed by atoms with Crippen molar-refractivity contribution in [1.29, 1.82) is 0 Å². The number of anilines is 1. The number of ketones is 1. The summed E-state index contributed by atoms with van der Waals surface area (Å²) in [6.45, 7) is 3.02. The second-order valence-corrected chi connectivity index (χ2v) is 7.16. The zero-order chi connectivity index (χ0) is 21.4. The summed E-state index contributed by atoms with van der Waals surface area (Å²) in [4.78, 5) is 34.0. The van der Waals surface area contributed by atoms with E-state index in [-0.39, 0.29) is 11.7 Å². The number of carbonyl (C=O) groups is 2. The molecule has 3 aromatic rings. The molecule has 6 nitrogen and oxygen atoms in total. The summed E-state index contributed by atoms with van der Waals surface area (Å²) in [5.41, 5.74) is 1.83. The van der Waals surface area contributed by atoms with Crippen LogP contribution in [0.3, 0.4) is 0 Å². The molecule has 1 saturated heterocycles. The number of imidazole rings is 1. The third-order valence-corrected chi connectivity index (χ3v) is 5.22. The highest BCUT2D eigenvalue weighted by atomic mass is 19.3. The van der Waals surface area contributed by atoms with Crippen molar-refractivity contribution in [2.24, 2.45) is 0 Å². The Hall–Kier alpha value is -3.36. The van der Waals surface area contributed by atoms with Crippen LogP contribution in [0.15, 0.2) is 36.4 Å². The number of Topliss-reactive ketones (excluding diaryl/α,β-unsaturated/α-hetero) is 1. The van der Waals surface area contributed by atoms with E-state index in [1.807, 2.05) is 4.90 Å². The summed E-state index contributed by atoms with van der Waals surface area (Å²) in [7, 11) is 0. The van der Waals surface area contributed by atoms with E-state index in [9.17, 15) is 22.8 Å². The highest BCUT2D eigenvalue weighted by molar-refractivity contribution is 5.97. The van der Waals surface area contributed by atoms with E-state index in [0.717, 1.165) is 0 Å². The van der Waals surface area contributed by atoms with E-state index in [4.69, 9.17) is 0 Å². The maximum absolute atomic E-state index is 14.4. The Morgan fingerprint density at radius 2 is 1.73 bits per heavy atom. The van der Waals surface area contributed by atoms with E-state index in [2.05, 4.69) is 9.97 Å². The molecule has 1 aromatic heterocycles. The Kier molecular flexibility index (Phi) is 5.19. The van der Waals surface area contributed by atoms with Crippen LogP contribution in [-0.2, 0) is 0 Å². The molecule has 2 heterocycles. The first-order valence-corrected chi connectivity index (χ1v) is 9.46. The molecule has 0 atom stereocenters. The number of carbonyl (C=O) groups excluding carboxylic acids is 2. The fourth-order valence-electron chi connectivity index (χ4n) is 3.58. The third-order valence-electron chi connectivity index (χ3n) is 5.22. The fourth-order valence-corrected chi connectivity index (χ4v) is 3.58. The monoisotopic (exact) mass is 416 g/mol. The summed E-state index contributed by atoms with van der Waals surface area (Å²) in [6.07, 6.45) is -2.71. The number of H-pyrrole nitrogens is 1. The van der Waals surface area contributed by atoms with Gasteiger partial charge < -0.3 is 14.8 Å². The lowest BCUT2D eigenvalue weighted by Crippen LogP contribution is -2.49. The van der Waals surface area contributed by atoms with Gasteiger partial charge in [0.25, 0.3) is 12.3 Å². The van der Waals surface area contributed by atoms with Gasteiger partial charge in [-0.1, -0.05) is 0 Å². The van der Waals surface area contributed by atoms with Crippen molar-refractivity contribution < 1.29 is 22.8 Å². The molecule has 0 spiro atoms. The summed E-state index contributed by atoms with van der Waals surface area (Å²) >= 11 is 0. The van der Waals surface area contributed by atoms with Crippen LogP contribution in [0, 0.1) is 5.82 Å². The standard InChI is InChI=1S/C21H19F3N4O2/c1-12(29)13-3-5-18(15(22)10-13)27-6-8-28(9-7-27)21(30)14-2-4-16-17(11-14)26-20(25-16)19(23)24/h2-5,10-11,19H,6-9H2,1H3,(H,25,26). The van der Waals surface area contributed by atoms with Gasteiger partial charge in [0.15, 0.2) is 11.6 Å². The van der Waals surface area contributed by atoms with Crippen molar-refractivity contribution in [3.05, 3.63) is 59.2 Å². The minimum absolute atomic E-state index is 0.203. The second kappa shape index (κ2) is 7.81. The number of halogens is 3. The lowest BCUT2D eigenvalue weighted by atomic mass is 10.1.